The molecular weight excluding hydrogens is 195 g/mol. The van der Waals surface area contributed by atoms with Crippen LogP contribution in [0.2, 0.25) is 5.02 Å². The number of rotatable bonds is 2. The molecule has 0 bridgehead atoms. The molecule has 1 aromatic rings. The van der Waals surface area contributed by atoms with Crippen molar-refractivity contribution in [3.8, 4) is 5.75 Å². The zero-order valence-corrected chi connectivity index (χ0v) is 7.98. The summed E-state index contributed by atoms with van der Waals surface area (Å²) >= 11 is 5.67. The Morgan fingerprint density at radius 3 is 2.69 bits per heavy atom. The first-order valence-electron chi connectivity index (χ1n) is 3.59. The van der Waals surface area contributed by atoms with Crippen molar-refractivity contribution in [1.82, 2.24) is 0 Å². The number of ether oxygens (including phenoxy) is 1. The molecule has 4 heteroatoms. The van der Waals surface area contributed by atoms with Crippen molar-refractivity contribution in [3.05, 3.63) is 28.0 Å². The van der Waals surface area contributed by atoms with Gasteiger partial charge in [0.1, 0.15) is 0 Å². The van der Waals surface area contributed by atoms with Gasteiger partial charge in [-0.25, -0.2) is 4.39 Å². The Kier molecular flexibility index (Phi) is 2.88. The van der Waals surface area contributed by atoms with E-state index in [-0.39, 0.29) is 16.3 Å². The number of benzene rings is 1. The Morgan fingerprint density at radius 2 is 2.23 bits per heavy atom. The lowest BCUT2D eigenvalue weighted by atomic mass is 10.1. The van der Waals surface area contributed by atoms with Crippen molar-refractivity contribution < 1.29 is 13.9 Å². The maximum atomic E-state index is 13.1. The van der Waals surface area contributed by atoms with Crippen molar-refractivity contribution in [2.45, 2.75) is 6.92 Å². The van der Waals surface area contributed by atoms with Gasteiger partial charge in [0.25, 0.3) is 0 Å². The van der Waals surface area contributed by atoms with Gasteiger partial charge in [0.2, 0.25) is 0 Å². The largest absolute Gasteiger partial charge is 0.493 e. The smallest absolute Gasteiger partial charge is 0.167 e. The van der Waals surface area contributed by atoms with Crippen LogP contribution in [0.4, 0.5) is 4.39 Å². The molecule has 0 aromatic heterocycles. The Hall–Kier alpha value is -1.09. The Labute approximate surface area is 80.3 Å². The van der Waals surface area contributed by atoms with Crippen LogP contribution in [0.15, 0.2) is 6.07 Å². The fourth-order valence-electron chi connectivity index (χ4n) is 1.06. The van der Waals surface area contributed by atoms with E-state index in [0.717, 1.165) is 6.07 Å². The van der Waals surface area contributed by atoms with E-state index in [0.29, 0.717) is 11.8 Å². The van der Waals surface area contributed by atoms with E-state index < -0.39 is 5.82 Å². The van der Waals surface area contributed by atoms with Gasteiger partial charge in [-0.3, -0.25) is 4.79 Å². The number of carbonyl (C=O) groups excluding carboxylic acids is 1. The number of hydrogen-bond acceptors (Lipinski definition) is 2. The molecule has 0 aliphatic heterocycles. The molecular formula is C9H8ClFO2. The SMILES string of the molecule is COc1c(F)cc(Cl)c(C)c1C=O. The normalized spacial score (nSPS) is 9.85. The van der Waals surface area contributed by atoms with Gasteiger partial charge >= 0.3 is 0 Å². The van der Waals surface area contributed by atoms with Crippen LogP contribution in [0, 0.1) is 12.7 Å². The third-order valence-corrected chi connectivity index (χ3v) is 2.19. The average molecular weight is 203 g/mol. The van der Waals surface area contributed by atoms with E-state index in [2.05, 4.69) is 0 Å². The fourth-order valence-corrected chi connectivity index (χ4v) is 1.26. The van der Waals surface area contributed by atoms with Gasteiger partial charge < -0.3 is 4.74 Å². The lowest BCUT2D eigenvalue weighted by Crippen LogP contribution is -1.98. The summed E-state index contributed by atoms with van der Waals surface area (Å²) in [4.78, 5) is 10.6. The molecule has 0 N–H and O–H groups in total. The molecule has 0 spiro atoms. The van der Waals surface area contributed by atoms with E-state index in [9.17, 15) is 9.18 Å². The summed E-state index contributed by atoms with van der Waals surface area (Å²) in [5.41, 5.74) is 0.683. The lowest BCUT2D eigenvalue weighted by molar-refractivity contribution is 0.111. The molecule has 0 atom stereocenters. The topological polar surface area (TPSA) is 26.3 Å². The van der Waals surface area contributed by atoms with Gasteiger partial charge in [-0.05, 0) is 18.6 Å². The third-order valence-electron chi connectivity index (χ3n) is 1.80. The number of halogens is 2. The summed E-state index contributed by atoms with van der Waals surface area (Å²) in [6.45, 7) is 1.63. The van der Waals surface area contributed by atoms with Crippen LogP contribution in [0.1, 0.15) is 15.9 Å². The molecule has 0 amide bonds. The summed E-state index contributed by atoms with van der Waals surface area (Å²) < 4.78 is 17.8. The number of methoxy groups -OCH3 is 1. The molecule has 0 saturated heterocycles. The number of hydrogen-bond donors (Lipinski definition) is 0. The van der Waals surface area contributed by atoms with Crippen molar-refractivity contribution in [3.63, 3.8) is 0 Å². The van der Waals surface area contributed by atoms with Crippen molar-refractivity contribution in [2.24, 2.45) is 0 Å². The molecule has 0 saturated carbocycles. The Morgan fingerprint density at radius 1 is 1.62 bits per heavy atom. The van der Waals surface area contributed by atoms with Crippen LogP contribution in [0.25, 0.3) is 0 Å². The van der Waals surface area contributed by atoms with Gasteiger partial charge in [-0.15, -0.1) is 0 Å². The standard InChI is InChI=1S/C9H8ClFO2/c1-5-6(4-12)9(13-2)8(11)3-7(5)10/h3-4H,1-2H3. The fraction of sp³-hybridized carbons (Fsp3) is 0.222. The van der Waals surface area contributed by atoms with E-state index in [4.69, 9.17) is 16.3 Å². The summed E-state index contributed by atoms with van der Waals surface area (Å²) in [6, 6.07) is 1.13. The molecule has 0 radical (unpaired) electrons. The van der Waals surface area contributed by atoms with Crippen LogP contribution >= 0.6 is 11.6 Å². The quantitative estimate of drug-likeness (QED) is 0.689. The molecule has 0 heterocycles. The predicted molar refractivity (Wildman–Crippen MR) is 48.1 cm³/mol. The second kappa shape index (κ2) is 3.75. The molecule has 0 aliphatic rings. The zero-order valence-electron chi connectivity index (χ0n) is 7.23. The predicted octanol–water partition coefficient (Wildman–Crippen LogP) is 2.61. The van der Waals surface area contributed by atoms with Gasteiger partial charge in [-0.2, -0.15) is 0 Å². The first-order valence-corrected chi connectivity index (χ1v) is 3.97. The van der Waals surface area contributed by atoms with Crippen LogP contribution in [0.3, 0.4) is 0 Å². The molecule has 1 aromatic carbocycles. The summed E-state index contributed by atoms with van der Waals surface area (Å²) in [5, 5.41) is 0.223. The van der Waals surface area contributed by atoms with Crippen LogP contribution in [0.5, 0.6) is 5.75 Å². The van der Waals surface area contributed by atoms with E-state index >= 15 is 0 Å². The molecule has 0 unspecified atom stereocenters. The highest BCUT2D eigenvalue weighted by molar-refractivity contribution is 6.31. The minimum Gasteiger partial charge on any atom is -0.493 e. The first-order chi connectivity index (χ1) is 6.11. The zero-order chi connectivity index (χ0) is 10.0. The second-order valence-electron chi connectivity index (χ2n) is 2.53. The van der Waals surface area contributed by atoms with Crippen LogP contribution < -0.4 is 4.74 Å². The highest BCUT2D eigenvalue weighted by Gasteiger charge is 2.14. The van der Waals surface area contributed by atoms with E-state index in [1.165, 1.54) is 7.11 Å². The monoisotopic (exact) mass is 202 g/mol. The van der Waals surface area contributed by atoms with Gasteiger partial charge in [0.15, 0.2) is 17.9 Å². The maximum Gasteiger partial charge on any atom is 0.167 e. The Balaban J connectivity index is 3.50. The first kappa shape index (κ1) is 9.99. The summed E-state index contributed by atoms with van der Waals surface area (Å²) in [7, 11) is 1.30. The minimum absolute atomic E-state index is 0.0584. The number of carbonyl (C=O) groups is 1. The molecule has 13 heavy (non-hydrogen) atoms. The molecule has 0 aliphatic carbocycles. The minimum atomic E-state index is -0.625. The highest BCUT2D eigenvalue weighted by Crippen LogP contribution is 2.29. The number of aldehydes is 1. The van der Waals surface area contributed by atoms with Crippen LogP contribution in [-0.2, 0) is 0 Å². The average Bonchev–Trinajstić information content (AvgIpc) is 2.10. The molecule has 0 fully saturated rings. The molecule has 1 rings (SSSR count). The van der Waals surface area contributed by atoms with Gasteiger partial charge in [-0.1, -0.05) is 11.6 Å². The third kappa shape index (κ3) is 1.65. The van der Waals surface area contributed by atoms with Crippen LogP contribution in [-0.4, -0.2) is 13.4 Å². The lowest BCUT2D eigenvalue weighted by Gasteiger charge is -2.08. The Bertz CT molecular complexity index is 350. The van der Waals surface area contributed by atoms with Gasteiger partial charge in [0, 0.05) is 5.02 Å². The maximum absolute atomic E-state index is 13.1. The van der Waals surface area contributed by atoms with Crippen molar-refractivity contribution >= 4 is 17.9 Å². The van der Waals surface area contributed by atoms with E-state index in [1.54, 1.807) is 6.92 Å². The molecule has 70 valence electrons. The van der Waals surface area contributed by atoms with Crippen molar-refractivity contribution in [2.75, 3.05) is 7.11 Å². The van der Waals surface area contributed by atoms with E-state index in [1.807, 2.05) is 0 Å². The second-order valence-corrected chi connectivity index (χ2v) is 2.94. The van der Waals surface area contributed by atoms with Gasteiger partial charge in [0.05, 0.1) is 12.7 Å². The highest BCUT2D eigenvalue weighted by atomic mass is 35.5. The van der Waals surface area contributed by atoms with Crippen molar-refractivity contribution in [1.29, 1.82) is 0 Å². The molecule has 2 nitrogen and oxygen atoms in total. The summed E-state index contributed by atoms with van der Waals surface area (Å²) in [5.74, 6) is -0.683. The summed E-state index contributed by atoms with van der Waals surface area (Å²) in [6.07, 6.45) is 0.531.